The smallest absolute Gasteiger partial charge is 0.242 e. The Bertz CT molecular complexity index is 1110. The van der Waals surface area contributed by atoms with Crippen molar-refractivity contribution in [3.8, 4) is 10.6 Å². The number of carbonyl (C=O) groups excluding carboxylic acids is 1. The average molecular weight is 404 g/mol. The van der Waals surface area contributed by atoms with Gasteiger partial charge in [-0.25, -0.2) is 4.98 Å². The summed E-state index contributed by atoms with van der Waals surface area (Å²) < 4.78 is 1.92. The number of carbonyl (C=O) groups is 1. The van der Waals surface area contributed by atoms with Crippen molar-refractivity contribution >= 4 is 34.1 Å². The number of nitrogens with zero attached hydrogens (tertiary/aromatic N) is 6. The van der Waals surface area contributed by atoms with Crippen LogP contribution in [-0.2, 0) is 11.3 Å². The minimum Gasteiger partial charge on any atom is -0.352 e. The van der Waals surface area contributed by atoms with E-state index < -0.39 is 0 Å². The number of fused-ring (bicyclic) bond motifs is 1. The van der Waals surface area contributed by atoms with E-state index in [-0.39, 0.29) is 5.91 Å². The molecule has 1 aliphatic heterocycles. The van der Waals surface area contributed by atoms with Gasteiger partial charge in [-0.05, 0) is 35.7 Å². The van der Waals surface area contributed by atoms with E-state index in [1.165, 1.54) is 0 Å². The predicted octanol–water partition coefficient (Wildman–Crippen LogP) is 2.90. The van der Waals surface area contributed by atoms with E-state index >= 15 is 0 Å². The molecule has 0 spiro atoms. The fraction of sp³-hybridized carbons (Fsp3) is 0.238. The van der Waals surface area contributed by atoms with Crippen LogP contribution in [0.3, 0.4) is 0 Å². The van der Waals surface area contributed by atoms with Crippen molar-refractivity contribution in [1.82, 2.24) is 24.6 Å². The van der Waals surface area contributed by atoms with Gasteiger partial charge in [-0.3, -0.25) is 4.79 Å². The van der Waals surface area contributed by atoms with E-state index in [4.69, 9.17) is 0 Å². The number of benzene rings is 1. The highest BCUT2D eigenvalue weighted by Crippen LogP contribution is 2.23. The van der Waals surface area contributed by atoms with Gasteiger partial charge in [-0.15, -0.1) is 21.5 Å². The number of hydrogen-bond donors (Lipinski definition) is 0. The molecule has 0 radical (unpaired) electrons. The monoisotopic (exact) mass is 404 g/mol. The Kier molecular flexibility index (Phi) is 4.69. The number of rotatable bonds is 4. The van der Waals surface area contributed by atoms with Crippen molar-refractivity contribution in [2.24, 2.45) is 0 Å². The van der Waals surface area contributed by atoms with E-state index in [9.17, 15) is 4.79 Å². The molecule has 1 amide bonds. The number of aromatic nitrogens is 4. The van der Waals surface area contributed by atoms with Crippen molar-refractivity contribution in [1.29, 1.82) is 0 Å². The van der Waals surface area contributed by atoms with E-state index in [0.717, 1.165) is 40.5 Å². The maximum Gasteiger partial charge on any atom is 0.242 e. The molecule has 5 rings (SSSR count). The van der Waals surface area contributed by atoms with Gasteiger partial charge >= 0.3 is 0 Å². The molecule has 4 aromatic rings. The van der Waals surface area contributed by atoms with Gasteiger partial charge in [-0.1, -0.05) is 18.2 Å². The molecule has 0 bridgehead atoms. The van der Waals surface area contributed by atoms with Crippen molar-refractivity contribution in [3.63, 3.8) is 0 Å². The molecule has 0 atom stereocenters. The average Bonchev–Trinajstić information content (AvgIpc) is 3.45. The molecular weight excluding hydrogens is 384 g/mol. The van der Waals surface area contributed by atoms with Gasteiger partial charge in [0.05, 0.1) is 22.2 Å². The van der Waals surface area contributed by atoms with Crippen molar-refractivity contribution in [2.75, 3.05) is 31.1 Å². The van der Waals surface area contributed by atoms with Gasteiger partial charge in [0.15, 0.2) is 5.82 Å². The highest BCUT2D eigenvalue weighted by atomic mass is 32.1. The van der Waals surface area contributed by atoms with Gasteiger partial charge in [0.1, 0.15) is 12.2 Å². The summed E-state index contributed by atoms with van der Waals surface area (Å²) >= 11 is 1.66. The first kappa shape index (κ1) is 17.8. The van der Waals surface area contributed by atoms with Crippen LogP contribution in [0.1, 0.15) is 0 Å². The topological polar surface area (TPSA) is 67.2 Å². The zero-order chi connectivity index (χ0) is 19.6. The van der Waals surface area contributed by atoms with Crippen LogP contribution in [0.15, 0.2) is 60.2 Å². The third kappa shape index (κ3) is 3.58. The third-order valence-electron chi connectivity index (χ3n) is 5.21. The normalized spacial score (nSPS) is 14.5. The number of hydrogen-bond acceptors (Lipinski definition) is 6. The van der Waals surface area contributed by atoms with Gasteiger partial charge in [0, 0.05) is 26.2 Å². The largest absolute Gasteiger partial charge is 0.352 e. The third-order valence-corrected chi connectivity index (χ3v) is 6.11. The first-order chi connectivity index (χ1) is 14.3. The Hall–Kier alpha value is -3.26. The molecule has 1 fully saturated rings. The second kappa shape index (κ2) is 7.63. The minimum atomic E-state index is 0.118. The van der Waals surface area contributed by atoms with Crippen molar-refractivity contribution < 1.29 is 4.79 Å². The molecule has 7 nitrogen and oxygen atoms in total. The van der Waals surface area contributed by atoms with Gasteiger partial charge < -0.3 is 14.4 Å². The summed E-state index contributed by atoms with van der Waals surface area (Å²) in [5.74, 6) is 0.977. The number of imidazole rings is 1. The second-order valence-electron chi connectivity index (χ2n) is 6.98. The maximum absolute atomic E-state index is 12.8. The maximum atomic E-state index is 12.8. The fourth-order valence-corrected chi connectivity index (χ4v) is 4.31. The van der Waals surface area contributed by atoms with Crippen molar-refractivity contribution in [2.45, 2.75) is 6.54 Å². The first-order valence-corrected chi connectivity index (χ1v) is 10.5. The number of piperazine rings is 1. The van der Waals surface area contributed by atoms with Crippen LogP contribution in [0.4, 0.5) is 5.82 Å². The zero-order valence-electron chi connectivity index (χ0n) is 15.8. The fourth-order valence-electron chi connectivity index (χ4n) is 3.62. The summed E-state index contributed by atoms with van der Waals surface area (Å²) in [7, 11) is 0. The summed E-state index contributed by atoms with van der Waals surface area (Å²) in [5.41, 5.74) is 2.79. The first-order valence-electron chi connectivity index (χ1n) is 9.58. The van der Waals surface area contributed by atoms with Crippen LogP contribution in [0.2, 0.25) is 0 Å². The molecule has 146 valence electrons. The SMILES string of the molecule is O=C(Cn1cnc2ccccc21)N1CCN(c2ccc(-c3cccs3)nn2)CC1. The Balaban J connectivity index is 1.20. The highest BCUT2D eigenvalue weighted by molar-refractivity contribution is 7.13. The van der Waals surface area contributed by atoms with Crippen LogP contribution in [0.5, 0.6) is 0 Å². The van der Waals surface area contributed by atoms with E-state index in [1.807, 2.05) is 63.4 Å². The van der Waals surface area contributed by atoms with Crippen LogP contribution >= 0.6 is 11.3 Å². The molecule has 0 aliphatic carbocycles. The summed E-state index contributed by atoms with van der Waals surface area (Å²) in [6.45, 7) is 3.18. The minimum absolute atomic E-state index is 0.118. The van der Waals surface area contributed by atoms with Crippen LogP contribution in [0.25, 0.3) is 21.6 Å². The Morgan fingerprint density at radius 1 is 0.966 bits per heavy atom. The summed E-state index contributed by atoms with van der Waals surface area (Å²) in [5, 5.41) is 10.8. The lowest BCUT2D eigenvalue weighted by Gasteiger charge is -2.35. The quantitative estimate of drug-likeness (QED) is 0.523. The summed E-state index contributed by atoms with van der Waals surface area (Å²) in [6.07, 6.45) is 1.74. The Labute approximate surface area is 172 Å². The van der Waals surface area contributed by atoms with E-state index in [2.05, 4.69) is 20.1 Å². The Morgan fingerprint density at radius 3 is 2.59 bits per heavy atom. The van der Waals surface area contributed by atoms with E-state index in [1.54, 1.807) is 17.7 Å². The summed E-state index contributed by atoms with van der Waals surface area (Å²) in [6, 6.07) is 15.9. The molecule has 1 saturated heterocycles. The van der Waals surface area contributed by atoms with Crippen LogP contribution < -0.4 is 4.90 Å². The molecule has 29 heavy (non-hydrogen) atoms. The number of amides is 1. The van der Waals surface area contributed by atoms with E-state index in [0.29, 0.717) is 19.6 Å². The summed E-state index contributed by atoms with van der Waals surface area (Å²) in [4.78, 5) is 22.3. The van der Waals surface area contributed by atoms with Gasteiger partial charge in [0.2, 0.25) is 5.91 Å². The second-order valence-corrected chi connectivity index (χ2v) is 7.93. The highest BCUT2D eigenvalue weighted by Gasteiger charge is 2.22. The lowest BCUT2D eigenvalue weighted by molar-refractivity contribution is -0.132. The van der Waals surface area contributed by atoms with Crippen molar-refractivity contribution in [3.05, 3.63) is 60.2 Å². The van der Waals surface area contributed by atoms with Gasteiger partial charge in [-0.2, -0.15) is 0 Å². The molecule has 0 saturated carbocycles. The lowest BCUT2D eigenvalue weighted by Crippen LogP contribution is -2.49. The molecule has 4 heterocycles. The van der Waals surface area contributed by atoms with Crippen LogP contribution in [-0.4, -0.2) is 56.7 Å². The number of anilines is 1. The zero-order valence-corrected chi connectivity index (χ0v) is 16.6. The molecule has 1 aromatic carbocycles. The molecular formula is C21H20N6OS. The molecule has 8 heteroatoms. The molecule has 3 aromatic heterocycles. The lowest BCUT2D eigenvalue weighted by atomic mass is 10.2. The Morgan fingerprint density at radius 2 is 1.83 bits per heavy atom. The van der Waals surface area contributed by atoms with Crippen LogP contribution in [0, 0.1) is 0 Å². The number of para-hydroxylation sites is 2. The standard InChI is InChI=1S/C21H20N6OS/c28-21(14-27-15-22-16-4-1-2-5-18(16)27)26-11-9-25(10-12-26)20-8-7-17(23-24-20)19-6-3-13-29-19/h1-8,13,15H,9-12,14H2. The molecule has 0 N–H and O–H groups in total. The predicted molar refractivity (Wildman–Crippen MR) is 114 cm³/mol. The molecule has 0 unspecified atom stereocenters. The van der Waals surface area contributed by atoms with Gasteiger partial charge in [0.25, 0.3) is 0 Å². The number of thiophene rings is 1. The molecule has 1 aliphatic rings.